The predicted molar refractivity (Wildman–Crippen MR) is 122 cm³/mol. The van der Waals surface area contributed by atoms with E-state index in [1.807, 2.05) is 13.0 Å². The smallest absolute Gasteiger partial charge is 0.338 e. The molecule has 0 aromatic heterocycles. The Bertz CT molecular complexity index is 1040. The van der Waals surface area contributed by atoms with Crippen molar-refractivity contribution in [1.29, 1.82) is 5.26 Å². The van der Waals surface area contributed by atoms with Gasteiger partial charge in [-0.1, -0.05) is 13.3 Å². The highest BCUT2D eigenvalue weighted by molar-refractivity contribution is 9.10. The van der Waals surface area contributed by atoms with Crippen molar-refractivity contribution in [3.05, 3.63) is 44.2 Å². The molecule has 10 heteroatoms. The molecule has 2 heterocycles. The van der Waals surface area contributed by atoms with Gasteiger partial charge in [-0.05, 0) is 47.1 Å². The minimum Gasteiger partial charge on any atom is -0.496 e. The summed E-state index contributed by atoms with van der Waals surface area (Å²) in [6.45, 7) is 3.98. The number of halogens is 1. The summed E-state index contributed by atoms with van der Waals surface area (Å²) in [5, 5.41) is 10.1. The van der Waals surface area contributed by atoms with Gasteiger partial charge >= 0.3 is 5.97 Å². The molecule has 0 radical (unpaired) electrons. The number of rotatable bonds is 7. The Hall–Kier alpha value is -2.64. The molecule has 2 aliphatic rings. The molecule has 0 saturated heterocycles. The number of carbonyl (C=O) groups excluding carboxylic acids is 1. The number of methoxy groups -OCH3 is 2. The summed E-state index contributed by atoms with van der Waals surface area (Å²) in [6.07, 6.45) is 1.36. The second-order valence-corrected chi connectivity index (χ2v) is 8.49. The zero-order valence-electron chi connectivity index (χ0n) is 17.7. The first-order chi connectivity index (χ1) is 14.9. The lowest BCUT2D eigenvalue weighted by molar-refractivity contribution is -0.139. The Morgan fingerprint density at radius 1 is 1.32 bits per heavy atom. The molecule has 0 aliphatic carbocycles. The molecule has 8 nitrogen and oxygen atoms in total. The first-order valence-corrected chi connectivity index (χ1v) is 11.3. The number of hydrogen-bond donors (Lipinski definition) is 1. The summed E-state index contributed by atoms with van der Waals surface area (Å²) < 4.78 is 17.1. The van der Waals surface area contributed by atoms with Gasteiger partial charge in [0.25, 0.3) is 0 Å². The normalized spacial score (nSPS) is 17.9. The maximum Gasteiger partial charge on any atom is 0.338 e. The molecule has 3 rings (SSSR count). The van der Waals surface area contributed by atoms with Gasteiger partial charge in [-0.25, -0.2) is 9.79 Å². The molecule has 31 heavy (non-hydrogen) atoms. The Labute approximate surface area is 193 Å². The molecule has 0 amide bonds. The van der Waals surface area contributed by atoms with Crippen molar-refractivity contribution in [2.75, 3.05) is 20.8 Å². The van der Waals surface area contributed by atoms with Crippen molar-refractivity contribution >= 4 is 38.8 Å². The number of esters is 1. The van der Waals surface area contributed by atoms with Crippen LogP contribution >= 0.6 is 27.7 Å². The number of nitriles is 1. The van der Waals surface area contributed by atoms with Crippen LogP contribution in [-0.2, 0) is 9.53 Å². The quantitative estimate of drug-likeness (QED) is 0.547. The SMILES string of the molecule is CCCC1=C(C(=O)OCC)[C@@H](c2cc(Br)c(OC)cc2OC)N2C(=N1)SC(C#N)=C2N. The van der Waals surface area contributed by atoms with Crippen LogP contribution in [0.4, 0.5) is 0 Å². The van der Waals surface area contributed by atoms with Gasteiger partial charge in [-0.15, -0.1) is 0 Å². The molecule has 0 spiro atoms. The fourth-order valence-corrected chi connectivity index (χ4v) is 4.94. The Balaban J connectivity index is 2.32. The molecule has 0 bridgehead atoms. The van der Waals surface area contributed by atoms with Crippen LogP contribution in [0.2, 0.25) is 0 Å². The molecular formula is C21H23BrN4O4S. The summed E-state index contributed by atoms with van der Waals surface area (Å²) >= 11 is 4.71. The lowest BCUT2D eigenvalue weighted by Crippen LogP contribution is -2.39. The zero-order chi connectivity index (χ0) is 22.7. The standard InChI is InChI=1S/C21H23BrN4O4S/c1-5-7-13-17(20(27)30-6-2)18(26-19(24)16(10-23)31-21(26)25-13)11-8-12(22)15(29-4)9-14(11)28-3/h8-9,18H,5-7,24H2,1-4H3/t18-/m1/s1. The van der Waals surface area contributed by atoms with Crippen molar-refractivity contribution < 1.29 is 19.0 Å². The van der Waals surface area contributed by atoms with Crippen LogP contribution in [0.25, 0.3) is 0 Å². The number of fused-ring (bicyclic) bond motifs is 1. The number of nitrogens with zero attached hydrogens (tertiary/aromatic N) is 3. The minimum atomic E-state index is -0.677. The molecule has 2 aliphatic heterocycles. The van der Waals surface area contributed by atoms with Crippen LogP contribution in [0.15, 0.2) is 43.6 Å². The average molecular weight is 507 g/mol. The van der Waals surface area contributed by atoms with E-state index >= 15 is 0 Å². The van der Waals surface area contributed by atoms with Crippen molar-refractivity contribution in [2.45, 2.75) is 32.7 Å². The van der Waals surface area contributed by atoms with E-state index < -0.39 is 12.0 Å². The van der Waals surface area contributed by atoms with E-state index in [2.05, 4.69) is 27.0 Å². The second-order valence-electron chi connectivity index (χ2n) is 6.65. The maximum atomic E-state index is 13.1. The number of allylic oxidation sites excluding steroid dienone is 2. The molecule has 0 unspecified atom stereocenters. The van der Waals surface area contributed by atoms with Crippen LogP contribution in [0, 0.1) is 11.3 Å². The highest BCUT2D eigenvalue weighted by atomic mass is 79.9. The van der Waals surface area contributed by atoms with E-state index in [1.54, 1.807) is 32.1 Å². The van der Waals surface area contributed by atoms with Gasteiger partial charge in [0.05, 0.1) is 36.6 Å². The summed E-state index contributed by atoms with van der Waals surface area (Å²) in [5.74, 6) is 0.850. The molecule has 1 aromatic carbocycles. The number of amidine groups is 1. The lowest BCUT2D eigenvalue weighted by Gasteiger charge is -2.36. The first-order valence-electron chi connectivity index (χ1n) is 9.68. The van der Waals surface area contributed by atoms with E-state index in [0.29, 0.717) is 49.3 Å². The highest BCUT2D eigenvalue weighted by Gasteiger charge is 2.44. The van der Waals surface area contributed by atoms with Gasteiger partial charge in [0.1, 0.15) is 34.3 Å². The summed E-state index contributed by atoms with van der Waals surface area (Å²) in [5.41, 5.74) is 8.01. The van der Waals surface area contributed by atoms with Crippen LogP contribution in [0.3, 0.4) is 0 Å². The number of ether oxygens (including phenoxy) is 3. The van der Waals surface area contributed by atoms with Crippen LogP contribution in [0.1, 0.15) is 38.3 Å². The van der Waals surface area contributed by atoms with Gasteiger partial charge in [-0.2, -0.15) is 5.26 Å². The van der Waals surface area contributed by atoms with E-state index in [4.69, 9.17) is 19.9 Å². The number of hydrogen-bond acceptors (Lipinski definition) is 9. The fourth-order valence-electron chi connectivity index (χ4n) is 3.53. The monoisotopic (exact) mass is 506 g/mol. The molecular weight excluding hydrogens is 484 g/mol. The highest BCUT2D eigenvalue weighted by Crippen LogP contribution is 2.49. The average Bonchev–Trinajstić information content (AvgIpc) is 3.08. The summed E-state index contributed by atoms with van der Waals surface area (Å²) in [6, 6.07) is 5.01. The molecule has 0 saturated carbocycles. The predicted octanol–water partition coefficient (Wildman–Crippen LogP) is 4.19. The van der Waals surface area contributed by atoms with E-state index in [1.165, 1.54) is 11.8 Å². The molecule has 0 fully saturated rings. The summed E-state index contributed by atoms with van der Waals surface area (Å²) in [7, 11) is 3.11. The van der Waals surface area contributed by atoms with Crippen molar-refractivity contribution in [3.63, 3.8) is 0 Å². The van der Waals surface area contributed by atoms with Gasteiger partial charge in [0, 0.05) is 11.6 Å². The number of aliphatic imine (C=N–C) groups is 1. The van der Waals surface area contributed by atoms with Crippen LogP contribution in [0.5, 0.6) is 11.5 Å². The Morgan fingerprint density at radius 3 is 2.61 bits per heavy atom. The van der Waals surface area contributed by atoms with Crippen molar-refractivity contribution in [1.82, 2.24) is 4.90 Å². The lowest BCUT2D eigenvalue weighted by atomic mass is 9.92. The fraction of sp³-hybridized carbons (Fsp3) is 0.381. The third kappa shape index (κ3) is 4.12. The van der Waals surface area contributed by atoms with Crippen LogP contribution < -0.4 is 15.2 Å². The third-order valence-electron chi connectivity index (χ3n) is 4.85. The van der Waals surface area contributed by atoms with Crippen molar-refractivity contribution in [2.24, 2.45) is 10.7 Å². The number of thioether (sulfide) groups is 1. The topological polar surface area (TPSA) is 110 Å². The largest absolute Gasteiger partial charge is 0.496 e. The van der Waals surface area contributed by atoms with Crippen molar-refractivity contribution in [3.8, 4) is 17.6 Å². The van der Waals surface area contributed by atoms with E-state index in [0.717, 1.165) is 6.42 Å². The minimum absolute atomic E-state index is 0.220. The van der Waals surface area contributed by atoms with E-state index in [9.17, 15) is 10.1 Å². The Kier molecular flexibility index (Phi) is 7.18. The number of benzene rings is 1. The van der Waals surface area contributed by atoms with Gasteiger partial charge in [0.2, 0.25) is 0 Å². The Morgan fingerprint density at radius 2 is 2.03 bits per heavy atom. The number of nitrogens with two attached hydrogens (primary N) is 1. The van der Waals surface area contributed by atoms with Gasteiger partial charge < -0.3 is 19.9 Å². The molecule has 1 atom stereocenters. The molecule has 1 aromatic rings. The third-order valence-corrected chi connectivity index (χ3v) is 6.44. The van der Waals surface area contributed by atoms with Gasteiger partial charge in [-0.3, -0.25) is 4.90 Å². The van der Waals surface area contributed by atoms with Gasteiger partial charge in [0.15, 0.2) is 5.17 Å². The zero-order valence-corrected chi connectivity index (χ0v) is 20.1. The maximum absolute atomic E-state index is 13.1. The molecule has 164 valence electrons. The summed E-state index contributed by atoms with van der Waals surface area (Å²) in [4.78, 5) is 19.9. The number of carbonyl (C=O) groups is 1. The first kappa shape index (κ1) is 23.0. The van der Waals surface area contributed by atoms with Crippen LogP contribution in [-0.4, -0.2) is 36.9 Å². The molecule has 2 N–H and O–H groups in total. The second kappa shape index (κ2) is 9.66. The van der Waals surface area contributed by atoms with E-state index in [-0.39, 0.29) is 12.4 Å².